The average Bonchev–Trinajstić information content (AvgIpc) is 2.66. The quantitative estimate of drug-likeness (QED) is 0.816. The molecule has 0 spiro atoms. The molecule has 0 amide bonds. The van der Waals surface area contributed by atoms with Gasteiger partial charge in [0, 0.05) is 6.04 Å². The van der Waals surface area contributed by atoms with Crippen LogP contribution in [-0.2, 0) is 0 Å². The Morgan fingerprint density at radius 2 is 2.12 bits per heavy atom. The zero-order chi connectivity index (χ0) is 11.8. The van der Waals surface area contributed by atoms with Gasteiger partial charge in [0.25, 0.3) is 0 Å². The van der Waals surface area contributed by atoms with Gasteiger partial charge in [0.05, 0.1) is 6.20 Å². The lowest BCUT2D eigenvalue weighted by atomic mass is 9.87. The first-order valence-corrected chi connectivity index (χ1v) is 6.16. The van der Waals surface area contributed by atoms with Crippen LogP contribution in [0.1, 0.15) is 38.6 Å². The first kappa shape index (κ1) is 10.5. The van der Waals surface area contributed by atoms with E-state index in [-0.39, 0.29) is 5.69 Å². The number of nitrogens with zero attached hydrogens (tertiary/aromatic N) is 3. The topological polar surface area (TPSA) is 63.6 Å². The second-order valence-corrected chi connectivity index (χ2v) is 4.97. The second kappa shape index (κ2) is 3.98. The summed E-state index contributed by atoms with van der Waals surface area (Å²) < 4.78 is 1.81. The van der Waals surface area contributed by atoms with Crippen LogP contribution < -0.4 is 5.69 Å². The number of H-pyrrole nitrogens is 1. The monoisotopic (exact) mass is 232 g/mol. The van der Waals surface area contributed by atoms with E-state index in [4.69, 9.17) is 0 Å². The van der Waals surface area contributed by atoms with Crippen LogP contribution in [0.3, 0.4) is 0 Å². The van der Waals surface area contributed by atoms with Gasteiger partial charge in [-0.2, -0.15) is 0 Å². The summed E-state index contributed by atoms with van der Waals surface area (Å²) in [4.78, 5) is 22.9. The van der Waals surface area contributed by atoms with Gasteiger partial charge in [0.1, 0.15) is 11.8 Å². The number of nitrogens with one attached hydrogen (secondary N) is 1. The predicted octanol–water partition coefficient (Wildman–Crippen LogP) is 1.87. The van der Waals surface area contributed by atoms with E-state index < -0.39 is 0 Å². The Balaban J connectivity index is 2.05. The molecule has 1 saturated carbocycles. The standard InChI is InChI=1S/C12H16N4O/c1-8-2-4-9(5-3-8)16-11-10(15-12(16)17)6-13-7-14-11/h6-9H,2-5H2,1H3,(H,15,17). The largest absolute Gasteiger partial charge is 0.327 e. The molecule has 2 aromatic rings. The van der Waals surface area contributed by atoms with Gasteiger partial charge in [-0.25, -0.2) is 14.8 Å². The van der Waals surface area contributed by atoms with Gasteiger partial charge in [-0.15, -0.1) is 0 Å². The van der Waals surface area contributed by atoms with Crippen molar-refractivity contribution in [1.82, 2.24) is 19.5 Å². The SMILES string of the molecule is CC1CCC(n2c(=O)[nH]c3cncnc32)CC1. The van der Waals surface area contributed by atoms with Crippen LogP contribution in [0.5, 0.6) is 0 Å². The van der Waals surface area contributed by atoms with E-state index >= 15 is 0 Å². The lowest BCUT2D eigenvalue weighted by molar-refractivity contribution is 0.289. The van der Waals surface area contributed by atoms with Crippen molar-refractivity contribution in [1.29, 1.82) is 0 Å². The number of fused-ring (bicyclic) bond motifs is 1. The summed E-state index contributed by atoms with van der Waals surface area (Å²) in [6, 6.07) is 0.294. The Morgan fingerprint density at radius 1 is 1.35 bits per heavy atom. The van der Waals surface area contributed by atoms with E-state index in [2.05, 4.69) is 21.9 Å². The molecule has 0 aliphatic heterocycles. The van der Waals surface area contributed by atoms with Gasteiger partial charge in [0.2, 0.25) is 0 Å². The Labute approximate surface area is 98.9 Å². The van der Waals surface area contributed by atoms with E-state index in [9.17, 15) is 4.79 Å². The highest BCUT2D eigenvalue weighted by atomic mass is 16.1. The fourth-order valence-corrected chi connectivity index (χ4v) is 2.71. The van der Waals surface area contributed by atoms with Crippen LogP contribution in [0, 0.1) is 5.92 Å². The maximum Gasteiger partial charge on any atom is 0.327 e. The van der Waals surface area contributed by atoms with Gasteiger partial charge in [-0.1, -0.05) is 6.92 Å². The maximum absolute atomic E-state index is 12.0. The zero-order valence-corrected chi connectivity index (χ0v) is 9.89. The summed E-state index contributed by atoms with van der Waals surface area (Å²) in [5.74, 6) is 0.779. The summed E-state index contributed by atoms with van der Waals surface area (Å²) in [6.07, 6.45) is 7.67. The van der Waals surface area contributed by atoms with Crippen molar-refractivity contribution in [3.05, 3.63) is 23.0 Å². The zero-order valence-electron chi connectivity index (χ0n) is 9.89. The third kappa shape index (κ3) is 1.75. The van der Waals surface area contributed by atoms with Gasteiger partial charge in [0.15, 0.2) is 5.65 Å². The Kier molecular flexibility index (Phi) is 2.46. The van der Waals surface area contributed by atoms with Crippen molar-refractivity contribution in [2.45, 2.75) is 38.6 Å². The van der Waals surface area contributed by atoms with Gasteiger partial charge in [-0.3, -0.25) is 4.57 Å². The summed E-state index contributed by atoms with van der Waals surface area (Å²) in [5.41, 5.74) is 1.42. The Bertz CT molecular complexity index is 577. The van der Waals surface area contributed by atoms with Crippen molar-refractivity contribution in [2.24, 2.45) is 5.92 Å². The summed E-state index contributed by atoms with van der Waals surface area (Å²) in [5, 5.41) is 0. The highest BCUT2D eigenvalue weighted by Crippen LogP contribution is 2.31. The minimum absolute atomic E-state index is 0.0555. The number of hydrogen-bond acceptors (Lipinski definition) is 3. The molecule has 1 aliphatic rings. The third-order valence-corrected chi connectivity index (χ3v) is 3.73. The smallest absolute Gasteiger partial charge is 0.303 e. The summed E-state index contributed by atoms with van der Waals surface area (Å²) in [7, 11) is 0. The predicted molar refractivity (Wildman–Crippen MR) is 64.8 cm³/mol. The minimum Gasteiger partial charge on any atom is -0.303 e. The van der Waals surface area contributed by atoms with E-state index in [1.165, 1.54) is 19.2 Å². The molecule has 2 aromatic heterocycles. The first-order chi connectivity index (χ1) is 8.25. The molecular weight excluding hydrogens is 216 g/mol. The van der Waals surface area contributed by atoms with Gasteiger partial charge >= 0.3 is 5.69 Å². The number of rotatable bonds is 1. The van der Waals surface area contributed by atoms with Gasteiger partial charge in [-0.05, 0) is 31.6 Å². The molecule has 3 rings (SSSR count). The third-order valence-electron chi connectivity index (χ3n) is 3.73. The fraction of sp³-hybridized carbons (Fsp3) is 0.583. The molecule has 0 aromatic carbocycles. The molecule has 1 N–H and O–H groups in total. The Hall–Kier alpha value is -1.65. The van der Waals surface area contributed by atoms with E-state index in [1.54, 1.807) is 6.20 Å². The van der Waals surface area contributed by atoms with Crippen LogP contribution in [0.15, 0.2) is 17.3 Å². The molecule has 17 heavy (non-hydrogen) atoms. The lowest BCUT2D eigenvalue weighted by Gasteiger charge is -2.26. The molecule has 2 heterocycles. The van der Waals surface area contributed by atoms with Crippen molar-refractivity contribution in [3.8, 4) is 0 Å². The molecule has 0 atom stereocenters. The van der Waals surface area contributed by atoms with Crippen LogP contribution in [0.2, 0.25) is 0 Å². The Morgan fingerprint density at radius 3 is 2.88 bits per heavy atom. The van der Waals surface area contributed by atoms with Crippen LogP contribution in [0.4, 0.5) is 0 Å². The average molecular weight is 232 g/mol. The number of hydrogen-bond donors (Lipinski definition) is 1. The normalized spacial score (nSPS) is 25.2. The molecule has 1 aliphatic carbocycles. The van der Waals surface area contributed by atoms with Gasteiger partial charge < -0.3 is 4.98 Å². The van der Waals surface area contributed by atoms with Crippen molar-refractivity contribution in [3.63, 3.8) is 0 Å². The highest BCUT2D eigenvalue weighted by molar-refractivity contribution is 5.68. The van der Waals surface area contributed by atoms with E-state index in [0.717, 1.165) is 29.9 Å². The maximum atomic E-state index is 12.0. The molecule has 90 valence electrons. The molecule has 5 heteroatoms. The fourth-order valence-electron chi connectivity index (χ4n) is 2.71. The van der Waals surface area contributed by atoms with Crippen LogP contribution >= 0.6 is 0 Å². The van der Waals surface area contributed by atoms with Crippen LogP contribution in [0.25, 0.3) is 11.2 Å². The number of aromatic amines is 1. The van der Waals surface area contributed by atoms with Crippen molar-refractivity contribution >= 4 is 11.2 Å². The molecular formula is C12H16N4O. The van der Waals surface area contributed by atoms with E-state index in [0.29, 0.717) is 6.04 Å². The van der Waals surface area contributed by atoms with E-state index in [1.807, 2.05) is 4.57 Å². The molecule has 0 radical (unpaired) electrons. The number of aromatic nitrogens is 4. The summed E-state index contributed by atoms with van der Waals surface area (Å²) >= 11 is 0. The van der Waals surface area contributed by atoms with Crippen molar-refractivity contribution < 1.29 is 0 Å². The highest BCUT2D eigenvalue weighted by Gasteiger charge is 2.23. The minimum atomic E-state index is -0.0555. The summed E-state index contributed by atoms with van der Waals surface area (Å²) in [6.45, 7) is 2.27. The number of imidazole rings is 1. The molecule has 0 unspecified atom stereocenters. The second-order valence-electron chi connectivity index (χ2n) is 4.97. The molecule has 0 bridgehead atoms. The molecule has 1 fully saturated rings. The van der Waals surface area contributed by atoms with Crippen molar-refractivity contribution in [2.75, 3.05) is 0 Å². The first-order valence-electron chi connectivity index (χ1n) is 6.16. The lowest BCUT2D eigenvalue weighted by Crippen LogP contribution is -2.25. The molecule has 5 nitrogen and oxygen atoms in total. The van der Waals surface area contributed by atoms with Crippen LogP contribution in [-0.4, -0.2) is 19.5 Å². The molecule has 0 saturated heterocycles.